The second-order valence-electron chi connectivity index (χ2n) is 4.01. The van der Waals surface area contributed by atoms with Gasteiger partial charge in [0, 0.05) is 19.3 Å². The molecule has 5 heteroatoms. The number of nitrogens with zero attached hydrogens (tertiary/aromatic N) is 2. The average molecular weight is 227 g/mol. The molecule has 2 rings (SSSR count). The van der Waals surface area contributed by atoms with E-state index in [2.05, 4.69) is 22.4 Å². The Morgan fingerprint density at radius 3 is 2.73 bits per heavy atom. The van der Waals surface area contributed by atoms with Crippen LogP contribution in [0.3, 0.4) is 0 Å². The van der Waals surface area contributed by atoms with Gasteiger partial charge in [0.1, 0.15) is 5.01 Å². The van der Waals surface area contributed by atoms with E-state index in [0.29, 0.717) is 12.0 Å². The second-order valence-corrected chi connectivity index (χ2v) is 5.19. The Hall–Kier alpha value is -0.680. The fourth-order valence-electron chi connectivity index (χ4n) is 1.88. The Kier molecular flexibility index (Phi) is 3.53. The molecule has 0 saturated carbocycles. The summed E-state index contributed by atoms with van der Waals surface area (Å²) in [5, 5.41) is 13.4. The minimum Gasteiger partial charge on any atom is -0.381 e. The lowest BCUT2D eigenvalue weighted by atomic mass is 9.93. The van der Waals surface area contributed by atoms with Crippen LogP contribution in [0, 0.1) is 12.8 Å². The molecule has 0 amide bonds. The molecule has 1 N–H and O–H groups in total. The maximum Gasteiger partial charge on any atom is 0.205 e. The number of hydrogen-bond acceptors (Lipinski definition) is 5. The van der Waals surface area contributed by atoms with E-state index in [1.807, 2.05) is 6.92 Å². The summed E-state index contributed by atoms with van der Waals surface area (Å²) in [6, 6.07) is 0.459. The molecule has 1 aliphatic heterocycles. The maximum absolute atomic E-state index is 5.35. The second kappa shape index (κ2) is 4.90. The number of rotatable bonds is 3. The van der Waals surface area contributed by atoms with Crippen molar-refractivity contribution in [1.82, 2.24) is 10.2 Å². The Bertz CT molecular complexity index is 309. The van der Waals surface area contributed by atoms with E-state index in [-0.39, 0.29) is 0 Å². The fourth-order valence-corrected chi connectivity index (χ4v) is 2.57. The van der Waals surface area contributed by atoms with E-state index in [1.54, 1.807) is 11.3 Å². The van der Waals surface area contributed by atoms with Crippen LogP contribution in [0.4, 0.5) is 5.13 Å². The molecule has 0 aliphatic carbocycles. The first-order chi connectivity index (χ1) is 7.25. The third kappa shape index (κ3) is 2.89. The van der Waals surface area contributed by atoms with Gasteiger partial charge in [-0.1, -0.05) is 11.3 Å². The van der Waals surface area contributed by atoms with Gasteiger partial charge in [0.25, 0.3) is 0 Å². The first-order valence-electron chi connectivity index (χ1n) is 5.40. The molecule has 0 aromatic carbocycles. The number of hydrogen-bond donors (Lipinski definition) is 1. The molecule has 4 nitrogen and oxygen atoms in total. The highest BCUT2D eigenvalue weighted by Crippen LogP contribution is 2.23. The van der Waals surface area contributed by atoms with Gasteiger partial charge in [-0.15, -0.1) is 10.2 Å². The fraction of sp³-hybridized carbons (Fsp3) is 0.800. The topological polar surface area (TPSA) is 47.0 Å². The van der Waals surface area contributed by atoms with Crippen molar-refractivity contribution < 1.29 is 4.74 Å². The van der Waals surface area contributed by atoms with Crippen molar-refractivity contribution in [1.29, 1.82) is 0 Å². The third-order valence-corrected chi connectivity index (χ3v) is 3.62. The van der Waals surface area contributed by atoms with Crippen LogP contribution < -0.4 is 5.32 Å². The van der Waals surface area contributed by atoms with Crippen LogP contribution in [0.15, 0.2) is 0 Å². The smallest absolute Gasteiger partial charge is 0.205 e. The molecular weight excluding hydrogens is 210 g/mol. The van der Waals surface area contributed by atoms with Crippen LogP contribution in [0.25, 0.3) is 0 Å². The number of ether oxygens (including phenoxy) is 1. The van der Waals surface area contributed by atoms with Crippen molar-refractivity contribution >= 4 is 16.5 Å². The lowest BCUT2D eigenvalue weighted by Crippen LogP contribution is -2.30. The zero-order valence-electron chi connectivity index (χ0n) is 9.19. The first kappa shape index (κ1) is 10.8. The maximum atomic E-state index is 5.35. The van der Waals surface area contributed by atoms with Crippen molar-refractivity contribution in [2.24, 2.45) is 5.92 Å². The average Bonchev–Trinajstić information content (AvgIpc) is 2.65. The monoisotopic (exact) mass is 227 g/mol. The minimum absolute atomic E-state index is 0.459. The Balaban J connectivity index is 1.88. The number of anilines is 1. The zero-order valence-corrected chi connectivity index (χ0v) is 10.0. The van der Waals surface area contributed by atoms with Crippen LogP contribution in [-0.2, 0) is 4.74 Å². The van der Waals surface area contributed by atoms with Crippen molar-refractivity contribution in [2.45, 2.75) is 32.7 Å². The Labute approximate surface area is 94.1 Å². The molecule has 1 saturated heterocycles. The lowest BCUT2D eigenvalue weighted by Gasteiger charge is -2.27. The van der Waals surface area contributed by atoms with Crippen molar-refractivity contribution in [3.05, 3.63) is 5.01 Å². The SMILES string of the molecule is Cc1nnc(NC(C)C2CCOCC2)s1. The molecule has 0 bridgehead atoms. The largest absolute Gasteiger partial charge is 0.381 e. The summed E-state index contributed by atoms with van der Waals surface area (Å²) in [4.78, 5) is 0. The van der Waals surface area contributed by atoms with Crippen molar-refractivity contribution in [2.75, 3.05) is 18.5 Å². The van der Waals surface area contributed by atoms with Crippen LogP contribution in [0.1, 0.15) is 24.8 Å². The van der Waals surface area contributed by atoms with Crippen LogP contribution in [0.5, 0.6) is 0 Å². The Morgan fingerprint density at radius 1 is 1.40 bits per heavy atom. The van der Waals surface area contributed by atoms with Gasteiger partial charge in [-0.25, -0.2) is 0 Å². The zero-order chi connectivity index (χ0) is 10.7. The summed E-state index contributed by atoms with van der Waals surface area (Å²) in [6.07, 6.45) is 2.29. The number of aryl methyl sites for hydroxylation is 1. The standard InChI is InChI=1S/C10H17N3OS/c1-7(9-3-5-14-6-4-9)11-10-13-12-8(2)15-10/h7,9H,3-6H2,1-2H3,(H,11,13). The minimum atomic E-state index is 0.459. The van der Waals surface area contributed by atoms with Gasteiger partial charge in [-0.3, -0.25) is 0 Å². The molecule has 2 heterocycles. The number of nitrogens with one attached hydrogen (secondary N) is 1. The molecule has 1 atom stereocenters. The van der Waals surface area contributed by atoms with Crippen LogP contribution in [0.2, 0.25) is 0 Å². The lowest BCUT2D eigenvalue weighted by molar-refractivity contribution is 0.0622. The van der Waals surface area contributed by atoms with Crippen molar-refractivity contribution in [3.8, 4) is 0 Å². The van der Waals surface area contributed by atoms with E-state index in [9.17, 15) is 0 Å². The molecule has 1 aliphatic rings. The molecule has 1 aromatic heterocycles. The van der Waals surface area contributed by atoms with E-state index >= 15 is 0 Å². The van der Waals surface area contributed by atoms with Gasteiger partial charge >= 0.3 is 0 Å². The van der Waals surface area contributed by atoms with Crippen molar-refractivity contribution in [3.63, 3.8) is 0 Å². The highest BCUT2D eigenvalue weighted by Gasteiger charge is 2.20. The Morgan fingerprint density at radius 2 is 2.13 bits per heavy atom. The van der Waals surface area contributed by atoms with E-state index in [4.69, 9.17) is 4.74 Å². The summed E-state index contributed by atoms with van der Waals surface area (Å²) in [5.74, 6) is 0.697. The van der Waals surface area contributed by atoms with Gasteiger partial charge in [0.15, 0.2) is 0 Å². The predicted molar refractivity (Wildman–Crippen MR) is 61.3 cm³/mol. The first-order valence-corrected chi connectivity index (χ1v) is 6.22. The molecule has 0 radical (unpaired) electrons. The van der Waals surface area contributed by atoms with Gasteiger partial charge in [-0.05, 0) is 32.6 Å². The van der Waals surface area contributed by atoms with Crippen LogP contribution in [-0.4, -0.2) is 29.5 Å². The molecule has 0 spiro atoms. The van der Waals surface area contributed by atoms with Gasteiger partial charge in [-0.2, -0.15) is 0 Å². The predicted octanol–water partition coefficient (Wildman–Crippen LogP) is 2.07. The molecular formula is C10H17N3OS. The summed E-state index contributed by atoms with van der Waals surface area (Å²) in [6.45, 7) is 5.98. The van der Waals surface area contributed by atoms with Gasteiger partial charge in [0.2, 0.25) is 5.13 Å². The highest BCUT2D eigenvalue weighted by molar-refractivity contribution is 7.15. The number of aromatic nitrogens is 2. The normalized spacial score (nSPS) is 20.1. The summed E-state index contributed by atoms with van der Waals surface area (Å²) in [7, 11) is 0. The van der Waals surface area contributed by atoms with E-state index in [0.717, 1.165) is 36.2 Å². The quantitative estimate of drug-likeness (QED) is 0.858. The van der Waals surface area contributed by atoms with E-state index in [1.165, 1.54) is 0 Å². The highest BCUT2D eigenvalue weighted by atomic mass is 32.1. The van der Waals surface area contributed by atoms with Gasteiger partial charge < -0.3 is 10.1 Å². The van der Waals surface area contributed by atoms with Gasteiger partial charge in [0.05, 0.1) is 0 Å². The third-order valence-electron chi connectivity index (χ3n) is 2.85. The molecule has 84 valence electrons. The van der Waals surface area contributed by atoms with E-state index < -0.39 is 0 Å². The summed E-state index contributed by atoms with van der Waals surface area (Å²) in [5.41, 5.74) is 0. The summed E-state index contributed by atoms with van der Waals surface area (Å²) >= 11 is 1.62. The molecule has 1 fully saturated rings. The van der Waals surface area contributed by atoms with Crippen LogP contribution >= 0.6 is 11.3 Å². The summed E-state index contributed by atoms with van der Waals surface area (Å²) < 4.78 is 5.35. The molecule has 1 aromatic rings. The molecule has 15 heavy (non-hydrogen) atoms. The molecule has 1 unspecified atom stereocenters.